The Bertz CT molecular complexity index is 882. The van der Waals surface area contributed by atoms with Crippen LogP contribution in [0.25, 0.3) is 0 Å². The number of aromatic nitrogens is 1. The van der Waals surface area contributed by atoms with Gasteiger partial charge in [-0.3, -0.25) is 10.1 Å². The normalized spacial score (nSPS) is 12.0. The van der Waals surface area contributed by atoms with Crippen LogP contribution < -0.4 is 10.6 Å². The van der Waals surface area contributed by atoms with Gasteiger partial charge in [0.05, 0.1) is 22.6 Å². The van der Waals surface area contributed by atoms with Gasteiger partial charge in [0.2, 0.25) is 5.91 Å². The highest BCUT2D eigenvalue weighted by atomic mass is 35.5. The molecule has 7 heteroatoms. The smallest absolute Gasteiger partial charge is 0.239 e. The first-order valence-corrected chi connectivity index (χ1v) is 9.61. The number of amides is 1. The lowest BCUT2D eigenvalue weighted by Gasteiger charge is -2.18. The number of nitrogens with zero attached hydrogens (tertiary/aromatic N) is 1. The van der Waals surface area contributed by atoms with Crippen LogP contribution in [0.2, 0.25) is 10.0 Å². The molecule has 0 aliphatic carbocycles. The molecule has 0 aliphatic heterocycles. The molecule has 2 heterocycles. The van der Waals surface area contributed by atoms with Gasteiger partial charge in [-0.15, -0.1) is 11.3 Å². The second kappa shape index (κ2) is 8.64. The summed E-state index contributed by atoms with van der Waals surface area (Å²) in [5.74, 6) is 0.0706. The Morgan fingerprint density at radius 3 is 2.65 bits per heavy atom. The molecule has 0 saturated carbocycles. The van der Waals surface area contributed by atoms with E-state index in [0.29, 0.717) is 15.9 Å². The summed E-state index contributed by atoms with van der Waals surface area (Å²) in [6.07, 6.45) is 1.44. The minimum Gasteiger partial charge on any atom is -0.308 e. The number of hydrogen-bond acceptors (Lipinski definition) is 4. The Labute approximate surface area is 166 Å². The van der Waals surface area contributed by atoms with Crippen LogP contribution in [0.4, 0.5) is 5.82 Å². The molecule has 0 unspecified atom stereocenters. The molecule has 0 fully saturated rings. The number of halogens is 2. The second-order valence-electron chi connectivity index (χ2n) is 5.77. The Balaban J connectivity index is 1.69. The van der Waals surface area contributed by atoms with Crippen LogP contribution in [0, 0.1) is 6.92 Å². The van der Waals surface area contributed by atoms with Gasteiger partial charge in [-0.05, 0) is 30.0 Å². The molecule has 0 saturated heterocycles. The van der Waals surface area contributed by atoms with Crippen molar-refractivity contribution in [3.8, 4) is 0 Å². The van der Waals surface area contributed by atoms with Crippen molar-refractivity contribution < 1.29 is 4.79 Å². The number of carbonyl (C=O) groups excluding carboxylic acids is 1. The summed E-state index contributed by atoms with van der Waals surface area (Å²) < 4.78 is 0. The molecule has 26 heavy (non-hydrogen) atoms. The van der Waals surface area contributed by atoms with Crippen LogP contribution >= 0.6 is 34.5 Å². The molecule has 0 radical (unpaired) electrons. The lowest BCUT2D eigenvalue weighted by molar-refractivity contribution is -0.115. The quantitative estimate of drug-likeness (QED) is 0.601. The number of carbonyl (C=O) groups is 1. The van der Waals surface area contributed by atoms with E-state index >= 15 is 0 Å². The molecular weight excluding hydrogens is 389 g/mol. The summed E-state index contributed by atoms with van der Waals surface area (Å²) in [5, 5.41) is 8.76. The minimum atomic E-state index is -0.226. The number of rotatable bonds is 6. The molecule has 1 atom stereocenters. The molecule has 0 aliphatic rings. The number of anilines is 1. The number of nitrogens with one attached hydrogen (secondary N) is 2. The van der Waals surface area contributed by atoms with Crippen LogP contribution in [0.15, 0.2) is 54.0 Å². The van der Waals surface area contributed by atoms with Gasteiger partial charge in [0.25, 0.3) is 0 Å². The van der Waals surface area contributed by atoms with Gasteiger partial charge >= 0.3 is 0 Å². The summed E-state index contributed by atoms with van der Waals surface area (Å²) in [5.41, 5.74) is 2.30. The van der Waals surface area contributed by atoms with Gasteiger partial charge in [-0.2, -0.15) is 0 Å². The first kappa shape index (κ1) is 18.9. The Kier molecular flexibility index (Phi) is 6.27. The summed E-state index contributed by atoms with van der Waals surface area (Å²) in [4.78, 5) is 17.5. The Morgan fingerprint density at radius 2 is 2.00 bits per heavy atom. The number of pyridine rings is 1. The van der Waals surface area contributed by atoms with E-state index in [1.54, 1.807) is 17.4 Å². The lowest BCUT2D eigenvalue weighted by Crippen LogP contribution is -2.31. The predicted octanol–water partition coefficient (Wildman–Crippen LogP) is 5.08. The van der Waals surface area contributed by atoms with Crippen LogP contribution in [-0.2, 0) is 4.79 Å². The zero-order chi connectivity index (χ0) is 18.5. The summed E-state index contributed by atoms with van der Waals surface area (Å²) in [6, 6.07) is 13.8. The van der Waals surface area contributed by atoms with Crippen LogP contribution in [0.5, 0.6) is 0 Å². The number of aryl methyl sites for hydroxylation is 1. The van der Waals surface area contributed by atoms with E-state index in [4.69, 9.17) is 23.2 Å². The monoisotopic (exact) mass is 405 g/mol. The number of thiophene rings is 1. The minimum absolute atomic E-state index is 0.0602. The molecular formula is C19H17Cl2N3OS. The second-order valence-corrected chi connectivity index (χ2v) is 7.60. The standard InChI is InChI=1S/C19H17Cl2N3OS/c1-12-4-6-13(7-5-12)18(16-3-2-8-26-16)22-11-17(25)24-19-15(21)9-14(20)10-23-19/h2-10,18,22H,11H2,1H3,(H,23,24,25)/t18-/m0/s1. The predicted molar refractivity (Wildman–Crippen MR) is 108 cm³/mol. The Hall–Kier alpha value is -1.92. The highest BCUT2D eigenvalue weighted by Crippen LogP contribution is 2.26. The van der Waals surface area contributed by atoms with Crippen molar-refractivity contribution in [3.63, 3.8) is 0 Å². The maximum atomic E-state index is 12.3. The highest BCUT2D eigenvalue weighted by molar-refractivity contribution is 7.10. The van der Waals surface area contributed by atoms with Crippen LogP contribution in [-0.4, -0.2) is 17.4 Å². The van der Waals surface area contributed by atoms with E-state index in [1.807, 2.05) is 18.4 Å². The molecule has 2 aromatic heterocycles. The molecule has 4 nitrogen and oxygen atoms in total. The van der Waals surface area contributed by atoms with E-state index in [9.17, 15) is 4.79 Å². The van der Waals surface area contributed by atoms with Crippen molar-refractivity contribution in [2.45, 2.75) is 13.0 Å². The molecule has 1 aromatic carbocycles. The van der Waals surface area contributed by atoms with Gasteiger partial charge in [-0.1, -0.05) is 59.1 Å². The topological polar surface area (TPSA) is 54.0 Å². The van der Waals surface area contributed by atoms with Crippen LogP contribution in [0.1, 0.15) is 22.0 Å². The maximum Gasteiger partial charge on any atom is 0.239 e. The van der Waals surface area contributed by atoms with Crippen molar-refractivity contribution in [3.05, 3.63) is 80.1 Å². The van der Waals surface area contributed by atoms with Gasteiger partial charge in [0.1, 0.15) is 0 Å². The third kappa shape index (κ3) is 4.83. The fourth-order valence-electron chi connectivity index (χ4n) is 2.47. The molecule has 0 bridgehead atoms. The van der Waals surface area contributed by atoms with Gasteiger partial charge in [0.15, 0.2) is 5.82 Å². The average Bonchev–Trinajstić information content (AvgIpc) is 3.13. The SMILES string of the molecule is Cc1ccc([C@H](NCC(=O)Nc2ncc(Cl)cc2Cl)c2cccs2)cc1. The van der Waals surface area contributed by atoms with E-state index in [0.717, 1.165) is 10.4 Å². The van der Waals surface area contributed by atoms with Crippen molar-refractivity contribution >= 4 is 46.3 Å². The van der Waals surface area contributed by atoms with E-state index in [2.05, 4.69) is 45.9 Å². The van der Waals surface area contributed by atoms with Gasteiger partial charge in [-0.25, -0.2) is 4.98 Å². The van der Waals surface area contributed by atoms with E-state index in [1.165, 1.54) is 11.8 Å². The van der Waals surface area contributed by atoms with E-state index in [-0.39, 0.29) is 18.5 Å². The number of hydrogen-bond donors (Lipinski definition) is 2. The molecule has 3 rings (SSSR count). The van der Waals surface area contributed by atoms with Crippen molar-refractivity contribution in [2.75, 3.05) is 11.9 Å². The zero-order valence-corrected chi connectivity index (χ0v) is 16.3. The fraction of sp³-hybridized carbons (Fsp3) is 0.158. The third-order valence-electron chi connectivity index (χ3n) is 3.77. The van der Waals surface area contributed by atoms with Gasteiger partial charge < -0.3 is 5.32 Å². The Morgan fingerprint density at radius 1 is 1.23 bits per heavy atom. The number of benzene rings is 1. The first-order chi connectivity index (χ1) is 12.5. The third-order valence-corrected chi connectivity index (χ3v) is 5.20. The van der Waals surface area contributed by atoms with Crippen molar-refractivity contribution in [1.82, 2.24) is 10.3 Å². The maximum absolute atomic E-state index is 12.3. The highest BCUT2D eigenvalue weighted by Gasteiger charge is 2.16. The molecule has 1 amide bonds. The largest absolute Gasteiger partial charge is 0.308 e. The summed E-state index contributed by atoms with van der Waals surface area (Å²) in [7, 11) is 0. The summed E-state index contributed by atoms with van der Waals surface area (Å²) in [6.45, 7) is 2.17. The van der Waals surface area contributed by atoms with E-state index < -0.39 is 0 Å². The molecule has 134 valence electrons. The van der Waals surface area contributed by atoms with Gasteiger partial charge in [0, 0.05) is 11.1 Å². The van der Waals surface area contributed by atoms with Crippen molar-refractivity contribution in [1.29, 1.82) is 0 Å². The summed E-state index contributed by atoms with van der Waals surface area (Å²) >= 11 is 13.5. The first-order valence-electron chi connectivity index (χ1n) is 7.97. The molecule has 0 spiro atoms. The lowest BCUT2D eigenvalue weighted by atomic mass is 10.0. The van der Waals surface area contributed by atoms with Crippen LogP contribution in [0.3, 0.4) is 0 Å². The fourth-order valence-corrected chi connectivity index (χ4v) is 3.73. The molecule has 3 aromatic rings. The molecule has 2 N–H and O–H groups in total. The zero-order valence-electron chi connectivity index (χ0n) is 14.0. The van der Waals surface area contributed by atoms with Crippen molar-refractivity contribution in [2.24, 2.45) is 0 Å². The average molecular weight is 406 g/mol.